The molecule has 0 aromatic heterocycles. The zero-order chi connectivity index (χ0) is 25.6. The first-order chi connectivity index (χ1) is 16.7. The van der Waals surface area contributed by atoms with Crippen molar-refractivity contribution in [1.82, 2.24) is 10.8 Å². The Bertz CT molecular complexity index is 703. The molecule has 35 heavy (non-hydrogen) atoms. The number of aliphatic hydroxyl groups is 2. The molecule has 3 saturated carbocycles. The lowest BCUT2D eigenvalue weighted by Gasteiger charge is -2.57. The van der Waals surface area contributed by atoms with Gasteiger partial charge in [-0.15, -0.1) is 0 Å². The summed E-state index contributed by atoms with van der Waals surface area (Å²) in [5, 5.41) is 33.0. The molecule has 0 aromatic rings. The fourth-order valence-electron chi connectivity index (χ4n) is 7.97. The maximum atomic E-state index is 12.2. The second-order valence-corrected chi connectivity index (χ2v) is 12.2. The molecular formula is C28H50N2O5. The normalized spacial score (nSPS) is 37.9. The Labute approximate surface area is 211 Å². The van der Waals surface area contributed by atoms with Crippen LogP contribution in [-0.4, -0.2) is 46.0 Å². The molecule has 3 fully saturated rings. The van der Waals surface area contributed by atoms with Gasteiger partial charge in [-0.2, -0.15) is 0 Å². The molecule has 3 aliphatic carbocycles. The molecule has 0 saturated heterocycles. The third kappa shape index (κ3) is 6.98. The molecule has 0 heterocycles. The van der Waals surface area contributed by atoms with Crippen molar-refractivity contribution in [2.75, 3.05) is 6.54 Å². The van der Waals surface area contributed by atoms with Gasteiger partial charge < -0.3 is 15.5 Å². The number of carbonyl (C=O) groups excluding carboxylic acids is 2. The third-order valence-electron chi connectivity index (χ3n) is 10.1. The first-order valence-corrected chi connectivity index (χ1v) is 14.2. The van der Waals surface area contributed by atoms with Gasteiger partial charge in [0.25, 0.3) is 0 Å². The van der Waals surface area contributed by atoms with Crippen LogP contribution in [-0.2, 0) is 9.59 Å². The standard InChI is InChI=1S/C28H50N2O5/c1-4-5-6-23-27(24(32)17-21-16-22(31)11-13-28(21,23)3)20-9-8-19(15-20)18(2)7-10-25(33)29-14-12-26(34)30-35/h18-24,27,31-32,35H,4-17H2,1-3H3,(H,29,33)(H,30,34)/t18-,19+,20-,21+,22-,23+,24+,27+,28+/m1/s1. The van der Waals surface area contributed by atoms with Gasteiger partial charge in [0, 0.05) is 19.4 Å². The minimum atomic E-state index is -0.498. The third-order valence-corrected chi connectivity index (χ3v) is 10.1. The van der Waals surface area contributed by atoms with Gasteiger partial charge in [0.05, 0.1) is 12.2 Å². The monoisotopic (exact) mass is 494 g/mol. The van der Waals surface area contributed by atoms with E-state index in [-0.39, 0.29) is 36.5 Å². The highest BCUT2D eigenvalue weighted by molar-refractivity contribution is 5.78. The number of hydroxylamine groups is 1. The average molecular weight is 495 g/mol. The predicted octanol–water partition coefficient (Wildman–Crippen LogP) is 4.19. The smallest absolute Gasteiger partial charge is 0.245 e. The van der Waals surface area contributed by atoms with Crippen molar-refractivity contribution in [2.24, 2.45) is 40.9 Å². The first-order valence-electron chi connectivity index (χ1n) is 14.2. The molecule has 7 heteroatoms. The van der Waals surface area contributed by atoms with Gasteiger partial charge in [0.15, 0.2) is 0 Å². The van der Waals surface area contributed by atoms with Gasteiger partial charge in [-0.1, -0.05) is 33.6 Å². The van der Waals surface area contributed by atoms with Gasteiger partial charge in [-0.25, -0.2) is 5.48 Å². The number of hydrogen-bond donors (Lipinski definition) is 5. The molecule has 202 valence electrons. The van der Waals surface area contributed by atoms with E-state index >= 15 is 0 Å². The number of nitrogens with one attached hydrogen (secondary N) is 2. The molecule has 3 rings (SSSR count). The molecule has 5 N–H and O–H groups in total. The molecule has 0 spiro atoms. The minimum absolute atomic E-state index is 0.0436. The molecule has 3 aliphatic rings. The molecule has 2 amide bonds. The van der Waals surface area contributed by atoms with Crippen LogP contribution in [0.1, 0.15) is 104 Å². The van der Waals surface area contributed by atoms with Crippen LogP contribution in [0.3, 0.4) is 0 Å². The lowest BCUT2D eigenvalue weighted by Crippen LogP contribution is -2.54. The molecule has 0 unspecified atom stereocenters. The van der Waals surface area contributed by atoms with Crippen LogP contribution in [0.2, 0.25) is 0 Å². The number of unbranched alkanes of at least 4 members (excludes halogenated alkanes) is 1. The summed E-state index contributed by atoms with van der Waals surface area (Å²) in [6, 6.07) is 0. The van der Waals surface area contributed by atoms with Crippen LogP contribution < -0.4 is 10.8 Å². The lowest BCUT2D eigenvalue weighted by atomic mass is 9.49. The summed E-state index contributed by atoms with van der Waals surface area (Å²) in [4.78, 5) is 23.2. The number of amides is 2. The number of rotatable bonds is 11. The Morgan fingerprint density at radius 2 is 1.83 bits per heavy atom. The van der Waals surface area contributed by atoms with Crippen molar-refractivity contribution in [1.29, 1.82) is 0 Å². The van der Waals surface area contributed by atoms with Crippen LogP contribution >= 0.6 is 0 Å². The Kier molecular flexibility index (Phi) is 10.4. The van der Waals surface area contributed by atoms with Crippen LogP contribution in [0.5, 0.6) is 0 Å². The summed E-state index contributed by atoms with van der Waals surface area (Å²) >= 11 is 0. The van der Waals surface area contributed by atoms with E-state index in [0.717, 1.165) is 38.5 Å². The Balaban J connectivity index is 1.56. The van der Waals surface area contributed by atoms with E-state index in [0.29, 0.717) is 41.9 Å². The quantitative estimate of drug-likeness (QED) is 0.218. The highest BCUT2D eigenvalue weighted by Gasteiger charge is 2.55. The summed E-state index contributed by atoms with van der Waals surface area (Å²) in [7, 11) is 0. The summed E-state index contributed by atoms with van der Waals surface area (Å²) in [5.74, 6) is 2.37. The van der Waals surface area contributed by atoms with Crippen molar-refractivity contribution in [3.8, 4) is 0 Å². The van der Waals surface area contributed by atoms with Gasteiger partial charge in [0.1, 0.15) is 0 Å². The zero-order valence-corrected chi connectivity index (χ0v) is 22.2. The number of aliphatic hydroxyl groups excluding tert-OH is 2. The van der Waals surface area contributed by atoms with Gasteiger partial charge in [0.2, 0.25) is 11.8 Å². The number of fused-ring (bicyclic) bond motifs is 1. The predicted molar refractivity (Wildman–Crippen MR) is 135 cm³/mol. The Morgan fingerprint density at radius 3 is 2.54 bits per heavy atom. The van der Waals surface area contributed by atoms with E-state index in [1.165, 1.54) is 32.1 Å². The summed E-state index contributed by atoms with van der Waals surface area (Å²) in [6.45, 7) is 7.20. The van der Waals surface area contributed by atoms with Gasteiger partial charge >= 0.3 is 0 Å². The maximum Gasteiger partial charge on any atom is 0.245 e. The van der Waals surface area contributed by atoms with Crippen LogP contribution in [0.25, 0.3) is 0 Å². The highest BCUT2D eigenvalue weighted by Crippen LogP contribution is 2.60. The number of hydrogen-bond acceptors (Lipinski definition) is 5. The molecule has 7 nitrogen and oxygen atoms in total. The van der Waals surface area contributed by atoms with E-state index in [9.17, 15) is 19.8 Å². The molecule has 0 aliphatic heterocycles. The van der Waals surface area contributed by atoms with Crippen molar-refractivity contribution < 1.29 is 25.0 Å². The average Bonchev–Trinajstić information content (AvgIpc) is 3.31. The van der Waals surface area contributed by atoms with E-state index in [2.05, 4.69) is 26.1 Å². The molecule has 0 aromatic carbocycles. The summed E-state index contributed by atoms with van der Waals surface area (Å²) in [5.41, 5.74) is 1.80. The van der Waals surface area contributed by atoms with Gasteiger partial charge in [-0.05, 0) is 98.7 Å². The molecule has 0 radical (unpaired) electrons. The second kappa shape index (κ2) is 12.9. The molecule has 9 atom stereocenters. The number of carbonyl (C=O) groups is 2. The van der Waals surface area contributed by atoms with Crippen molar-refractivity contribution >= 4 is 11.8 Å². The van der Waals surface area contributed by atoms with E-state index < -0.39 is 5.91 Å². The van der Waals surface area contributed by atoms with Crippen LogP contribution in [0, 0.1) is 40.9 Å². The Hall–Kier alpha value is -1.18. The second-order valence-electron chi connectivity index (χ2n) is 12.2. The SMILES string of the molecule is CCCC[C@H]1[C@H]([C@@H]2CC[C@H]([C@H](C)CCC(=O)NCCC(=O)NO)C2)[C@@H](O)C[C@@H]2C[C@H](O)CC[C@@]21C. The molecule has 0 bridgehead atoms. The maximum absolute atomic E-state index is 12.2. The topological polar surface area (TPSA) is 119 Å². The minimum Gasteiger partial charge on any atom is -0.393 e. The van der Waals surface area contributed by atoms with Crippen molar-refractivity contribution in [3.05, 3.63) is 0 Å². The first kappa shape index (κ1) is 28.4. The van der Waals surface area contributed by atoms with Crippen LogP contribution in [0.4, 0.5) is 0 Å². The summed E-state index contributed by atoms with van der Waals surface area (Å²) < 4.78 is 0. The Morgan fingerprint density at radius 1 is 1.06 bits per heavy atom. The zero-order valence-electron chi connectivity index (χ0n) is 22.2. The van der Waals surface area contributed by atoms with Crippen molar-refractivity contribution in [2.45, 2.75) is 116 Å². The largest absolute Gasteiger partial charge is 0.393 e. The fourth-order valence-corrected chi connectivity index (χ4v) is 7.97. The van der Waals surface area contributed by atoms with E-state index in [1.807, 2.05) is 0 Å². The van der Waals surface area contributed by atoms with E-state index in [1.54, 1.807) is 5.48 Å². The lowest BCUT2D eigenvalue weighted by molar-refractivity contribution is -0.138. The van der Waals surface area contributed by atoms with E-state index in [4.69, 9.17) is 5.21 Å². The highest BCUT2D eigenvalue weighted by atomic mass is 16.5. The van der Waals surface area contributed by atoms with Crippen LogP contribution in [0.15, 0.2) is 0 Å². The molecular weight excluding hydrogens is 444 g/mol. The fraction of sp³-hybridized carbons (Fsp3) is 0.929. The summed E-state index contributed by atoms with van der Waals surface area (Å²) in [6.07, 6.45) is 11.6. The van der Waals surface area contributed by atoms with Crippen molar-refractivity contribution in [3.63, 3.8) is 0 Å². The van der Waals surface area contributed by atoms with Gasteiger partial charge in [-0.3, -0.25) is 14.8 Å².